The number of hydrogen-bond donors (Lipinski definition) is 0. The van der Waals surface area contributed by atoms with Crippen molar-refractivity contribution in [2.24, 2.45) is 0 Å². The molecule has 0 saturated carbocycles. The van der Waals surface area contributed by atoms with E-state index in [4.69, 9.17) is 17.0 Å². The Kier molecular flexibility index (Phi) is 3.84. The Hall–Kier alpha value is -2.39. The Morgan fingerprint density at radius 2 is 1.52 bits per heavy atom. The molecule has 0 heterocycles. The number of benzene rings is 3. The van der Waals surface area contributed by atoms with Gasteiger partial charge in [0, 0.05) is 18.1 Å². The van der Waals surface area contributed by atoms with Crippen LogP contribution in [0.2, 0.25) is 0 Å². The molecule has 0 bridgehead atoms. The Bertz CT molecular complexity index is 765. The topological polar surface area (TPSA) is 12.5 Å². The summed E-state index contributed by atoms with van der Waals surface area (Å²) < 4.78 is 5.90. The Morgan fingerprint density at radius 3 is 2.33 bits per heavy atom. The monoisotopic (exact) mass is 293 g/mol. The highest BCUT2D eigenvalue weighted by atomic mass is 32.1. The summed E-state index contributed by atoms with van der Waals surface area (Å²) in [6.45, 7) is 0. The summed E-state index contributed by atoms with van der Waals surface area (Å²) in [6, 6.07) is 24.0. The van der Waals surface area contributed by atoms with E-state index in [-0.39, 0.29) is 0 Å². The SMILES string of the molecule is CN(C(=S)Oc1cccc2ccccc12)c1ccccc1. The number of hydrogen-bond acceptors (Lipinski definition) is 2. The van der Waals surface area contributed by atoms with E-state index in [1.807, 2.05) is 72.6 Å². The van der Waals surface area contributed by atoms with Gasteiger partial charge in [-0.25, -0.2) is 0 Å². The van der Waals surface area contributed by atoms with Gasteiger partial charge < -0.3 is 9.64 Å². The number of ether oxygens (including phenoxy) is 1. The average Bonchev–Trinajstić information content (AvgIpc) is 2.55. The molecule has 3 aromatic rings. The first-order valence-electron chi connectivity index (χ1n) is 6.74. The molecule has 0 unspecified atom stereocenters. The first-order chi connectivity index (χ1) is 10.3. The van der Waals surface area contributed by atoms with Crippen LogP contribution in [0.5, 0.6) is 5.75 Å². The average molecular weight is 293 g/mol. The molecule has 0 saturated heterocycles. The lowest BCUT2D eigenvalue weighted by molar-refractivity contribution is 0.558. The van der Waals surface area contributed by atoms with Crippen LogP contribution in [0.3, 0.4) is 0 Å². The number of nitrogens with zero attached hydrogens (tertiary/aromatic N) is 1. The fourth-order valence-electron chi connectivity index (χ4n) is 2.20. The van der Waals surface area contributed by atoms with Crippen molar-refractivity contribution in [1.82, 2.24) is 0 Å². The van der Waals surface area contributed by atoms with Crippen LogP contribution in [0.15, 0.2) is 72.8 Å². The third-order valence-corrected chi connectivity index (χ3v) is 3.72. The second-order valence-corrected chi connectivity index (χ2v) is 5.09. The lowest BCUT2D eigenvalue weighted by Crippen LogP contribution is -2.29. The molecule has 0 radical (unpaired) electrons. The number of para-hydroxylation sites is 1. The molecule has 0 atom stereocenters. The van der Waals surface area contributed by atoms with Crippen molar-refractivity contribution >= 4 is 33.9 Å². The van der Waals surface area contributed by atoms with Gasteiger partial charge in [-0.15, -0.1) is 0 Å². The van der Waals surface area contributed by atoms with Crippen LogP contribution in [0, 0.1) is 0 Å². The van der Waals surface area contributed by atoms with Crippen LogP contribution in [-0.4, -0.2) is 12.2 Å². The molecule has 3 heteroatoms. The maximum atomic E-state index is 5.90. The fourth-order valence-corrected chi connectivity index (χ4v) is 2.40. The van der Waals surface area contributed by atoms with Gasteiger partial charge in [0.05, 0.1) is 0 Å². The zero-order valence-electron chi connectivity index (χ0n) is 11.7. The van der Waals surface area contributed by atoms with E-state index in [0.717, 1.165) is 22.2 Å². The highest BCUT2D eigenvalue weighted by Crippen LogP contribution is 2.26. The minimum Gasteiger partial charge on any atom is -0.431 e. The predicted octanol–water partition coefficient (Wildman–Crippen LogP) is 4.64. The first kappa shape index (κ1) is 13.6. The van der Waals surface area contributed by atoms with Gasteiger partial charge in [-0.3, -0.25) is 0 Å². The molecule has 0 spiro atoms. The molecule has 0 aliphatic rings. The third-order valence-electron chi connectivity index (χ3n) is 3.36. The van der Waals surface area contributed by atoms with E-state index in [2.05, 4.69) is 12.1 Å². The highest BCUT2D eigenvalue weighted by molar-refractivity contribution is 7.80. The highest BCUT2D eigenvalue weighted by Gasteiger charge is 2.10. The summed E-state index contributed by atoms with van der Waals surface area (Å²) in [5, 5.41) is 2.63. The molecule has 104 valence electrons. The third kappa shape index (κ3) is 2.88. The standard InChI is InChI=1S/C18H15NOS/c1-19(15-10-3-2-4-11-15)18(21)20-17-13-7-9-14-8-5-6-12-16(14)17/h2-13H,1H3. The lowest BCUT2D eigenvalue weighted by atomic mass is 10.1. The van der Waals surface area contributed by atoms with Crippen molar-refractivity contribution in [2.45, 2.75) is 0 Å². The summed E-state index contributed by atoms with van der Waals surface area (Å²) in [7, 11) is 1.91. The molecule has 3 aromatic carbocycles. The number of rotatable bonds is 2. The van der Waals surface area contributed by atoms with Crippen molar-refractivity contribution in [1.29, 1.82) is 0 Å². The summed E-state index contributed by atoms with van der Waals surface area (Å²) in [6.07, 6.45) is 0. The van der Waals surface area contributed by atoms with Gasteiger partial charge in [-0.1, -0.05) is 54.6 Å². The maximum absolute atomic E-state index is 5.90. The second-order valence-electron chi connectivity index (χ2n) is 4.74. The summed E-state index contributed by atoms with van der Waals surface area (Å²) in [5.74, 6) is 0.779. The quantitative estimate of drug-likeness (QED) is 0.639. The van der Waals surface area contributed by atoms with Crippen LogP contribution in [0.1, 0.15) is 0 Å². The van der Waals surface area contributed by atoms with Crippen LogP contribution in [-0.2, 0) is 0 Å². The molecule has 0 aromatic heterocycles. The van der Waals surface area contributed by atoms with Gasteiger partial charge in [0.1, 0.15) is 5.75 Å². The Balaban J connectivity index is 1.87. The lowest BCUT2D eigenvalue weighted by Gasteiger charge is -2.20. The summed E-state index contributed by atoms with van der Waals surface area (Å²) >= 11 is 5.41. The normalized spacial score (nSPS) is 10.3. The summed E-state index contributed by atoms with van der Waals surface area (Å²) in [5.41, 5.74) is 1.00. The van der Waals surface area contributed by atoms with Crippen LogP contribution in [0.25, 0.3) is 10.8 Å². The van der Waals surface area contributed by atoms with E-state index in [0.29, 0.717) is 5.17 Å². The molecule has 0 amide bonds. The Labute approximate surface area is 129 Å². The molecule has 0 fully saturated rings. The van der Waals surface area contributed by atoms with Crippen LogP contribution >= 0.6 is 12.2 Å². The van der Waals surface area contributed by atoms with Gasteiger partial charge in [0.2, 0.25) is 0 Å². The zero-order chi connectivity index (χ0) is 14.7. The predicted molar refractivity (Wildman–Crippen MR) is 92.0 cm³/mol. The first-order valence-corrected chi connectivity index (χ1v) is 7.15. The molecule has 3 rings (SSSR count). The van der Waals surface area contributed by atoms with Gasteiger partial charge >= 0.3 is 0 Å². The fraction of sp³-hybridized carbons (Fsp3) is 0.0556. The van der Waals surface area contributed by atoms with E-state index >= 15 is 0 Å². The van der Waals surface area contributed by atoms with Gasteiger partial charge in [-0.2, -0.15) is 0 Å². The smallest absolute Gasteiger partial charge is 0.269 e. The number of thiocarbonyl (C=S) groups is 1. The molecular formula is C18H15NOS. The number of fused-ring (bicyclic) bond motifs is 1. The van der Waals surface area contributed by atoms with Gasteiger partial charge in [-0.05, 0) is 35.8 Å². The molecule has 2 nitrogen and oxygen atoms in total. The Morgan fingerprint density at radius 1 is 0.857 bits per heavy atom. The summed E-state index contributed by atoms with van der Waals surface area (Å²) in [4.78, 5) is 1.86. The second kappa shape index (κ2) is 5.94. The van der Waals surface area contributed by atoms with Crippen molar-refractivity contribution in [3.05, 3.63) is 72.8 Å². The molecule has 0 aliphatic carbocycles. The minimum atomic E-state index is 0.428. The minimum absolute atomic E-state index is 0.428. The van der Waals surface area contributed by atoms with E-state index in [1.165, 1.54) is 0 Å². The largest absolute Gasteiger partial charge is 0.431 e. The van der Waals surface area contributed by atoms with Crippen molar-refractivity contribution in [3.8, 4) is 5.75 Å². The van der Waals surface area contributed by atoms with Gasteiger partial charge in [0.15, 0.2) is 0 Å². The molecule has 21 heavy (non-hydrogen) atoms. The van der Waals surface area contributed by atoms with E-state index in [9.17, 15) is 0 Å². The molecule has 0 aliphatic heterocycles. The van der Waals surface area contributed by atoms with Crippen molar-refractivity contribution < 1.29 is 4.74 Å². The van der Waals surface area contributed by atoms with Crippen molar-refractivity contribution in [3.63, 3.8) is 0 Å². The van der Waals surface area contributed by atoms with Crippen molar-refractivity contribution in [2.75, 3.05) is 11.9 Å². The number of anilines is 1. The molecular weight excluding hydrogens is 278 g/mol. The zero-order valence-corrected chi connectivity index (χ0v) is 12.5. The van der Waals surface area contributed by atoms with Crippen LogP contribution < -0.4 is 9.64 Å². The van der Waals surface area contributed by atoms with E-state index in [1.54, 1.807) is 0 Å². The molecule has 0 N–H and O–H groups in total. The maximum Gasteiger partial charge on any atom is 0.269 e. The van der Waals surface area contributed by atoms with E-state index < -0.39 is 0 Å². The van der Waals surface area contributed by atoms with Crippen LogP contribution in [0.4, 0.5) is 5.69 Å². The van der Waals surface area contributed by atoms with Gasteiger partial charge in [0.25, 0.3) is 5.17 Å².